The van der Waals surface area contributed by atoms with Crippen LogP contribution in [0.4, 0.5) is 0 Å². The number of rotatable bonds is 6. The molecule has 2 N–H and O–H groups in total. The lowest BCUT2D eigenvalue weighted by atomic mass is 9.93. The van der Waals surface area contributed by atoms with Gasteiger partial charge in [-0.2, -0.15) is 5.10 Å². The minimum absolute atomic E-state index is 0.139. The Labute approximate surface area is 121 Å². The predicted octanol–water partition coefficient (Wildman–Crippen LogP) is 2.38. The maximum absolute atomic E-state index is 5.85. The predicted molar refractivity (Wildman–Crippen MR) is 84.5 cm³/mol. The molecule has 0 unspecified atom stereocenters. The van der Waals surface area contributed by atoms with Gasteiger partial charge in [-0.05, 0) is 24.6 Å². The summed E-state index contributed by atoms with van der Waals surface area (Å²) in [5, 5.41) is 5.93. The number of para-hydroxylation sites is 1. The molecule has 0 aliphatic heterocycles. The molecular weight excluding hydrogens is 248 g/mol. The summed E-state index contributed by atoms with van der Waals surface area (Å²) < 4.78 is 1.96. The molecule has 0 spiro atoms. The molecule has 0 fully saturated rings. The van der Waals surface area contributed by atoms with E-state index in [1.165, 1.54) is 10.9 Å². The number of benzene rings is 1. The van der Waals surface area contributed by atoms with Gasteiger partial charge in [0, 0.05) is 25.5 Å². The Morgan fingerprint density at radius 2 is 2.00 bits per heavy atom. The lowest BCUT2D eigenvalue weighted by Gasteiger charge is -2.30. The van der Waals surface area contributed by atoms with E-state index in [9.17, 15) is 0 Å². The SMILES string of the molecule is CCN(Cc1nn(C)c2ccccc12)CC(C)(C)CN. The average molecular weight is 274 g/mol. The maximum atomic E-state index is 5.85. The summed E-state index contributed by atoms with van der Waals surface area (Å²) in [7, 11) is 2.01. The van der Waals surface area contributed by atoms with Crippen molar-refractivity contribution in [2.45, 2.75) is 27.3 Å². The fraction of sp³-hybridized carbons (Fsp3) is 0.562. The van der Waals surface area contributed by atoms with Crippen LogP contribution in [0, 0.1) is 5.41 Å². The van der Waals surface area contributed by atoms with E-state index in [-0.39, 0.29) is 5.41 Å². The van der Waals surface area contributed by atoms with Crippen LogP contribution in [0.3, 0.4) is 0 Å². The van der Waals surface area contributed by atoms with E-state index in [1.807, 2.05) is 11.7 Å². The number of fused-ring (bicyclic) bond motifs is 1. The lowest BCUT2D eigenvalue weighted by molar-refractivity contribution is 0.182. The topological polar surface area (TPSA) is 47.1 Å². The van der Waals surface area contributed by atoms with Crippen LogP contribution in [-0.4, -0.2) is 34.3 Å². The van der Waals surface area contributed by atoms with Crippen LogP contribution in [0.15, 0.2) is 24.3 Å². The van der Waals surface area contributed by atoms with Crippen LogP contribution >= 0.6 is 0 Å². The normalized spacial score (nSPS) is 12.5. The molecule has 2 rings (SSSR count). The van der Waals surface area contributed by atoms with Crippen molar-refractivity contribution in [3.8, 4) is 0 Å². The molecule has 0 amide bonds. The quantitative estimate of drug-likeness (QED) is 0.880. The first-order valence-electron chi connectivity index (χ1n) is 7.30. The van der Waals surface area contributed by atoms with Crippen LogP contribution < -0.4 is 5.73 Å². The largest absolute Gasteiger partial charge is 0.330 e. The molecule has 2 aromatic rings. The smallest absolute Gasteiger partial charge is 0.0843 e. The van der Waals surface area contributed by atoms with Crippen molar-refractivity contribution in [1.29, 1.82) is 0 Å². The van der Waals surface area contributed by atoms with Crippen molar-refractivity contribution < 1.29 is 0 Å². The van der Waals surface area contributed by atoms with Gasteiger partial charge < -0.3 is 5.73 Å². The Morgan fingerprint density at radius 1 is 1.30 bits per heavy atom. The van der Waals surface area contributed by atoms with Gasteiger partial charge in [0.25, 0.3) is 0 Å². The Morgan fingerprint density at radius 3 is 2.65 bits per heavy atom. The van der Waals surface area contributed by atoms with Gasteiger partial charge in [-0.3, -0.25) is 9.58 Å². The van der Waals surface area contributed by atoms with Crippen LogP contribution in [0.25, 0.3) is 10.9 Å². The van der Waals surface area contributed by atoms with Crippen molar-refractivity contribution in [2.75, 3.05) is 19.6 Å². The van der Waals surface area contributed by atoms with E-state index in [0.29, 0.717) is 6.54 Å². The third-order valence-corrected chi connectivity index (χ3v) is 3.86. The highest BCUT2D eigenvalue weighted by atomic mass is 15.3. The fourth-order valence-electron chi connectivity index (χ4n) is 2.57. The summed E-state index contributed by atoms with van der Waals surface area (Å²) in [4.78, 5) is 2.42. The molecule has 0 bridgehead atoms. The zero-order valence-corrected chi connectivity index (χ0v) is 13.1. The molecule has 1 aromatic carbocycles. The number of aromatic nitrogens is 2. The van der Waals surface area contributed by atoms with Gasteiger partial charge in [0.05, 0.1) is 11.2 Å². The van der Waals surface area contributed by atoms with Crippen LogP contribution in [0.1, 0.15) is 26.5 Å². The zero-order chi connectivity index (χ0) is 14.8. The van der Waals surface area contributed by atoms with E-state index < -0.39 is 0 Å². The number of hydrogen-bond acceptors (Lipinski definition) is 3. The summed E-state index contributed by atoms with van der Waals surface area (Å²) in [5.74, 6) is 0. The summed E-state index contributed by atoms with van der Waals surface area (Å²) in [5.41, 5.74) is 8.33. The van der Waals surface area contributed by atoms with E-state index in [2.05, 4.69) is 55.0 Å². The molecule has 110 valence electrons. The third kappa shape index (κ3) is 3.19. The van der Waals surface area contributed by atoms with Crippen LogP contribution in [0.5, 0.6) is 0 Å². The van der Waals surface area contributed by atoms with Gasteiger partial charge in [-0.1, -0.05) is 39.0 Å². The van der Waals surface area contributed by atoms with Gasteiger partial charge >= 0.3 is 0 Å². The zero-order valence-electron chi connectivity index (χ0n) is 13.1. The molecule has 0 saturated carbocycles. The van der Waals surface area contributed by atoms with E-state index in [0.717, 1.165) is 25.3 Å². The van der Waals surface area contributed by atoms with E-state index in [1.54, 1.807) is 0 Å². The second kappa shape index (κ2) is 5.94. The molecule has 4 heteroatoms. The standard InChI is InChI=1S/C16H26N4/c1-5-20(12-16(2,3)11-17)10-14-13-8-6-7-9-15(13)19(4)18-14/h6-9H,5,10-12,17H2,1-4H3. The van der Waals surface area contributed by atoms with Crippen molar-refractivity contribution in [3.05, 3.63) is 30.0 Å². The van der Waals surface area contributed by atoms with Crippen LogP contribution in [-0.2, 0) is 13.6 Å². The van der Waals surface area contributed by atoms with E-state index in [4.69, 9.17) is 5.73 Å². The highest BCUT2D eigenvalue weighted by molar-refractivity contribution is 5.81. The second-order valence-corrected chi connectivity index (χ2v) is 6.26. The van der Waals surface area contributed by atoms with Crippen molar-refractivity contribution in [1.82, 2.24) is 14.7 Å². The molecule has 1 aromatic heterocycles. The first-order chi connectivity index (χ1) is 9.46. The minimum atomic E-state index is 0.139. The number of hydrogen-bond donors (Lipinski definition) is 1. The molecule has 0 aliphatic rings. The first kappa shape index (κ1) is 15.0. The lowest BCUT2D eigenvalue weighted by Crippen LogP contribution is -2.38. The summed E-state index contributed by atoms with van der Waals surface area (Å²) >= 11 is 0. The van der Waals surface area contributed by atoms with Crippen LogP contribution in [0.2, 0.25) is 0 Å². The molecular formula is C16H26N4. The molecule has 20 heavy (non-hydrogen) atoms. The third-order valence-electron chi connectivity index (χ3n) is 3.86. The molecule has 0 saturated heterocycles. The Balaban J connectivity index is 2.22. The van der Waals surface area contributed by atoms with Gasteiger partial charge in [0.2, 0.25) is 0 Å². The number of aryl methyl sites for hydroxylation is 1. The van der Waals surface area contributed by atoms with Gasteiger partial charge in [0.1, 0.15) is 0 Å². The Hall–Kier alpha value is -1.39. The fourth-order valence-corrected chi connectivity index (χ4v) is 2.57. The minimum Gasteiger partial charge on any atom is -0.330 e. The first-order valence-corrected chi connectivity index (χ1v) is 7.30. The highest BCUT2D eigenvalue weighted by Gasteiger charge is 2.20. The average Bonchev–Trinajstić information content (AvgIpc) is 2.75. The molecule has 0 aliphatic carbocycles. The van der Waals surface area contributed by atoms with Crippen molar-refractivity contribution >= 4 is 10.9 Å². The number of nitrogens with two attached hydrogens (primary N) is 1. The highest BCUT2D eigenvalue weighted by Crippen LogP contribution is 2.21. The Kier molecular flexibility index (Phi) is 4.45. The second-order valence-electron chi connectivity index (χ2n) is 6.26. The summed E-state index contributed by atoms with van der Waals surface area (Å²) in [6.07, 6.45) is 0. The van der Waals surface area contributed by atoms with E-state index >= 15 is 0 Å². The van der Waals surface area contributed by atoms with Crippen molar-refractivity contribution in [3.63, 3.8) is 0 Å². The monoisotopic (exact) mass is 274 g/mol. The summed E-state index contributed by atoms with van der Waals surface area (Å²) in [6, 6.07) is 8.40. The number of nitrogens with zero attached hydrogens (tertiary/aromatic N) is 3. The van der Waals surface area contributed by atoms with Gasteiger partial charge in [-0.15, -0.1) is 0 Å². The summed E-state index contributed by atoms with van der Waals surface area (Å²) in [6.45, 7) is 10.2. The molecule has 0 atom stereocenters. The van der Waals surface area contributed by atoms with Gasteiger partial charge in [0.15, 0.2) is 0 Å². The molecule has 1 heterocycles. The van der Waals surface area contributed by atoms with Gasteiger partial charge in [-0.25, -0.2) is 0 Å². The molecule has 0 radical (unpaired) electrons. The maximum Gasteiger partial charge on any atom is 0.0843 e. The molecule has 4 nitrogen and oxygen atoms in total. The van der Waals surface area contributed by atoms with Crippen molar-refractivity contribution in [2.24, 2.45) is 18.2 Å². The Bertz CT molecular complexity index is 571.